The number of fused-ring (bicyclic) bond motifs is 1. The number of hydrogen-bond donors (Lipinski definition) is 2. The molecule has 1 atom stereocenters. The topological polar surface area (TPSA) is 67.4 Å². The zero-order chi connectivity index (χ0) is 16.9. The van der Waals surface area contributed by atoms with E-state index in [1.165, 1.54) is 18.6 Å². The molecule has 2 amide bonds. The number of rotatable bonds is 5. The maximum absolute atomic E-state index is 13.2. The van der Waals surface area contributed by atoms with Gasteiger partial charge in [0.1, 0.15) is 11.6 Å². The van der Waals surface area contributed by atoms with Crippen LogP contribution in [-0.4, -0.2) is 31.0 Å². The number of hydrogen-bond acceptors (Lipinski definition) is 3. The maximum Gasteiger partial charge on any atom is 0.261 e. The van der Waals surface area contributed by atoms with Crippen LogP contribution in [0.4, 0.5) is 4.39 Å². The normalized spacial score (nSPS) is 20.1. The van der Waals surface area contributed by atoms with Crippen LogP contribution in [0.15, 0.2) is 18.2 Å². The molecule has 1 saturated carbocycles. The molecular weight excluding hydrogens is 311 g/mol. The monoisotopic (exact) mass is 334 g/mol. The summed E-state index contributed by atoms with van der Waals surface area (Å²) < 4.78 is 18.7. The molecular formula is C18H23FN2O3. The van der Waals surface area contributed by atoms with Crippen LogP contribution in [0, 0.1) is 11.7 Å². The van der Waals surface area contributed by atoms with Gasteiger partial charge < -0.3 is 15.4 Å². The van der Waals surface area contributed by atoms with E-state index < -0.39 is 6.10 Å². The molecule has 0 radical (unpaired) electrons. The lowest BCUT2D eigenvalue weighted by Crippen LogP contribution is -2.42. The minimum atomic E-state index is -0.629. The smallest absolute Gasteiger partial charge is 0.261 e. The largest absolute Gasteiger partial charge is 0.480 e. The predicted molar refractivity (Wildman–Crippen MR) is 87.1 cm³/mol. The maximum atomic E-state index is 13.2. The molecule has 5 nitrogen and oxygen atoms in total. The Morgan fingerprint density at radius 2 is 1.79 bits per heavy atom. The number of ether oxygens (including phenoxy) is 1. The van der Waals surface area contributed by atoms with E-state index in [4.69, 9.17) is 4.74 Å². The first-order valence-electron chi connectivity index (χ1n) is 8.64. The van der Waals surface area contributed by atoms with Crippen molar-refractivity contribution < 1.29 is 18.7 Å². The van der Waals surface area contributed by atoms with E-state index in [1.807, 2.05) is 0 Å². The fraction of sp³-hybridized carbons (Fsp3) is 0.556. The molecule has 24 heavy (non-hydrogen) atoms. The minimum Gasteiger partial charge on any atom is -0.480 e. The third-order valence-corrected chi connectivity index (χ3v) is 4.69. The summed E-state index contributed by atoms with van der Waals surface area (Å²) >= 11 is 0. The van der Waals surface area contributed by atoms with Gasteiger partial charge in [-0.1, -0.05) is 19.3 Å². The summed E-state index contributed by atoms with van der Waals surface area (Å²) in [6, 6.07) is 4.26. The van der Waals surface area contributed by atoms with Crippen molar-refractivity contribution >= 4 is 11.8 Å². The van der Waals surface area contributed by atoms with Gasteiger partial charge in [-0.15, -0.1) is 0 Å². The lowest BCUT2D eigenvalue weighted by atomic mass is 9.89. The highest BCUT2D eigenvalue weighted by atomic mass is 19.1. The van der Waals surface area contributed by atoms with E-state index >= 15 is 0 Å². The van der Waals surface area contributed by atoms with E-state index in [0.717, 1.165) is 25.7 Å². The van der Waals surface area contributed by atoms with Crippen LogP contribution in [0.3, 0.4) is 0 Å². The van der Waals surface area contributed by atoms with Crippen LogP contribution in [0.25, 0.3) is 0 Å². The summed E-state index contributed by atoms with van der Waals surface area (Å²) in [6.45, 7) is 0.775. The fourth-order valence-electron chi connectivity index (χ4n) is 3.36. The van der Waals surface area contributed by atoms with Crippen LogP contribution in [-0.2, 0) is 16.0 Å². The molecule has 1 aliphatic heterocycles. The van der Waals surface area contributed by atoms with Crippen molar-refractivity contribution in [3.8, 4) is 5.75 Å². The number of benzene rings is 1. The van der Waals surface area contributed by atoms with Crippen LogP contribution in [0.1, 0.15) is 37.7 Å². The molecule has 0 saturated heterocycles. The molecule has 2 N–H and O–H groups in total. The summed E-state index contributed by atoms with van der Waals surface area (Å²) in [5.41, 5.74) is 0.709. The Morgan fingerprint density at radius 3 is 2.54 bits per heavy atom. The van der Waals surface area contributed by atoms with Crippen LogP contribution in [0.5, 0.6) is 5.75 Å². The average molecular weight is 334 g/mol. The molecule has 1 aromatic rings. The minimum absolute atomic E-state index is 0.0870. The number of halogens is 1. The van der Waals surface area contributed by atoms with Gasteiger partial charge in [0.2, 0.25) is 5.91 Å². The summed E-state index contributed by atoms with van der Waals surface area (Å²) in [4.78, 5) is 24.1. The van der Waals surface area contributed by atoms with Crippen molar-refractivity contribution in [2.75, 3.05) is 13.1 Å². The SMILES string of the molecule is O=C(NCCNC(=O)C1Cc2cc(F)ccc2O1)C1CCCCC1. The van der Waals surface area contributed by atoms with E-state index in [1.54, 1.807) is 6.07 Å². The summed E-state index contributed by atoms with van der Waals surface area (Å²) in [7, 11) is 0. The molecule has 1 aromatic carbocycles. The molecule has 0 bridgehead atoms. The first kappa shape index (κ1) is 16.7. The Balaban J connectivity index is 1.37. The standard InChI is InChI=1S/C18H23FN2O3/c19-14-6-7-15-13(10-14)11-16(24-15)18(23)21-9-8-20-17(22)12-4-2-1-3-5-12/h6-7,10,12,16H,1-5,8-9,11H2,(H,20,22)(H,21,23). The van der Waals surface area contributed by atoms with Gasteiger partial charge in [-0.05, 0) is 31.0 Å². The zero-order valence-electron chi connectivity index (χ0n) is 13.6. The second-order valence-electron chi connectivity index (χ2n) is 6.48. The highest BCUT2D eigenvalue weighted by molar-refractivity contribution is 5.82. The highest BCUT2D eigenvalue weighted by Crippen LogP contribution is 2.29. The second kappa shape index (κ2) is 7.64. The molecule has 2 aliphatic rings. The first-order chi connectivity index (χ1) is 11.6. The molecule has 1 unspecified atom stereocenters. The Bertz CT molecular complexity index is 614. The van der Waals surface area contributed by atoms with Gasteiger partial charge in [0.25, 0.3) is 5.91 Å². The molecule has 1 fully saturated rings. The van der Waals surface area contributed by atoms with Crippen LogP contribution in [0.2, 0.25) is 0 Å². The molecule has 0 spiro atoms. The summed E-state index contributed by atoms with van der Waals surface area (Å²) in [6.07, 6.45) is 5.12. The lowest BCUT2D eigenvalue weighted by molar-refractivity contribution is -0.128. The molecule has 1 aliphatic carbocycles. The predicted octanol–water partition coefficient (Wildman–Crippen LogP) is 1.94. The Kier molecular flexibility index (Phi) is 5.33. The second-order valence-corrected chi connectivity index (χ2v) is 6.48. The van der Waals surface area contributed by atoms with Gasteiger partial charge in [-0.2, -0.15) is 0 Å². The number of carbonyl (C=O) groups is 2. The first-order valence-corrected chi connectivity index (χ1v) is 8.64. The third-order valence-electron chi connectivity index (χ3n) is 4.69. The Labute approximate surface area is 141 Å². The van der Waals surface area contributed by atoms with Gasteiger partial charge in [0.15, 0.2) is 6.10 Å². The lowest BCUT2D eigenvalue weighted by Gasteiger charge is -2.20. The molecule has 1 heterocycles. The molecule has 0 aromatic heterocycles. The van der Waals surface area contributed by atoms with E-state index in [2.05, 4.69) is 10.6 Å². The average Bonchev–Trinajstić information content (AvgIpc) is 3.02. The quantitative estimate of drug-likeness (QED) is 0.809. The van der Waals surface area contributed by atoms with Gasteiger partial charge in [0, 0.05) is 31.0 Å². The van der Waals surface area contributed by atoms with Crippen molar-refractivity contribution in [1.82, 2.24) is 10.6 Å². The summed E-state index contributed by atoms with van der Waals surface area (Å²) in [5, 5.41) is 5.64. The van der Waals surface area contributed by atoms with Crippen molar-refractivity contribution in [2.45, 2.75) is 44.6 Å². The van der Waals surface area contributed by atoms with Crippen molar-refractivity contribution in [1.29, 1.82) is 0 Å². The van der Waals surface area contributed by atoms with Gasteiger partial charge in [-0.3, -0.25) is 9.59 Å². The van der Waals surface area contributed by atoms with Crippen molar-refractivity contribution in [3.05, 3.63) is 29.6 Å². The van der Waals surface area contributed by atoms with E-state index in [0.29, 0.717) is 30.8 Å². The van der Waals surface area contributed by atoms with Crippen molar-refractivity contribution in [2.24, 2.45) is 5.92 Å². The highest BCUT2D eigenvalue weighted by Gasteiger charge is 2.29. The number of carbonyl (C=O) groups excluding carboxylic acids is 2. The third kappa shape index (κ3) is 4.04. The van der Waals surface area contributed by atoms with Crippen molar-refractivity contribution in [3.63, 3.8) is 0 Å². The molecule has 6 heteroatoms. The Morgan fingerprint density at radius 1 is 1.08 bits per heavy atom. The van der Waals surface area contributed by atoms with Gasteiger partial charge in [0.05, 0.1) is 0 Å². The van der Waals surface area contributed by atoms with Gasteiger partial charge >= 0.3 is 0 Å². The number of nitrogens with one attached hydrogen (secondary N) is 2. The molecule has 130 valence electrons. The summed E-state index contributed by atoms with van der Waals surface area (Å²) in [5.74, 6) is 0.200. The van der Waals surface area contributed by atoms with Crippen LogP contribution >= 0.6 is 0 Å². The fourth-order valence-corrected chi connectivity index (χ4v) is 3.36. The number of amides is 2. The molecule has 3 rings (SSSR count). The van der Waals surface area contributed by atoms with E-state index in [9.17, 15) is 14.0 Å². The Hall–Kier alpha value is -2.11. The zero-order valence-corrected chi connectivity index (χ0v) is 13.6. The van der Waals surface area contributed by atoms with E-state index in [-0.39, 0.29) is 23.5 Å². The van der Waals surface area contributed by atoms with Crippen LogP contribution < -0.4 is 15.4 Å². The van der Waals surface area contributed by atoms with Gasteiger partial charge in [-0.25, -0.2) is 4.39 Å².